The summed E-state index contributed by atoms with van der Waals surface area (Å²) in [5.74, 6) is -0.492. The molecule has 0 radical (unpaired) electrons. The van der Waals surface area contributed by atoms with Gasteiger partial charge in [0, 0.05) is 12.0 Å². The molecule has 4 rings (SSSR count). The molecule has 0 aliphatic carbocycles. The van der Waals surface area contributed by atoms with Gasteiger partial charge in [-0.3, -0.25) is 9.36 Å². The number of ether oxygens (including phenoxy) is 1. The highest BCUT2D eigenvalue weighted by molar-refractivity contribution is 6.06. The summed E-state index contributed by atoms with van der Waals surface area (Å²) in [7, 11) is 0. The van der Waals surface area contributed by atoms with Gasteiger partial charge in [0.2, 0.25) is 5.91 Å². The molecule has 1 aromatic carbocycles. The SMILES string of the molecule is NC(=O)c1cc(-n2cnnc2)cc2c1cnn2C1CCCCO1. The van der Waals surface area contributed by atoms with Crippen LogP contribution in [0.3, 0.4) is 0 Å². The number of hydrogen-bond acceptors (Lipinski definition) is 5. The zero-order valence-electron chi connectivity index (χ0n) is 12.4. The van der Waals surface area contributed by atoms with Crippen molar-refractivity contribution in [2.45, 2.75) is 25.5 Å². The first kappa shape index (κ1) is 13.9. The zero-order chi connectivity index (χ0) is 15.8. The molecule has 2 N–H and O–H groups in total. The fraction of sp³-hybridized carbons (Fsp3) is 0.333. The Kier molecular flexibility index (Phi) is 3.30. The predicted octanol–water partition coefficient (Wildman–Crippen LogP) is 1.41. The van der Waals surface area contributed by atoms with E-state index in [0.717, 1.165) is 42.5 Å². The molecule has 118 valence electrons. The highest BCUT2D eigenvalue weighted by Gasteiger charge is 2.21. The number of primary amides is 1. The molecule has 1 atom stereocenters. The predicted molar refractivity (Wildman–Crippen MR) is 82.0 cm³/mol. The maximum absolute atomic E-state index is 11.8. The lowest BCUT2D eigenvalue weighted by atomic mass is 10.1. The van der Waals surface area contributed by atoms with Gasteiger partial charge < -0.3 is 10.5 Å². The number of carbonyl (C=O) groups is 1. The lowest BCUT2D eigenvalue weighted by Gasteiger charge is -2.23. The highest BCUT2D eigenvalue weighted by atomic mass is 16.5. The van der Waals surface area contributed by atoms with E-state index < -0.39 is 5.91 Å². The van der Waals surface area contributed by atoms with Gasteiger partial charge >= 0.3 is 0 Å². The number of aromatic nitrogens is 5. The second-order valence-electron chi connectivity index (χ2n) is 5.57. The molecule has 8 nitrogen and oxygen atoms in total. The fourth-order valence-corrected chi connectivity index (χ4v) is 2.96. The Morgan fingerprint density at radius 2 is 2.09 bits per heavy atom. The van der Waals surface area contributed by atoms with Crippen molar-refractivity contribution in [3.8, 4) is 5.69 Å². The van der Waals surface area contributed by atoms with Gasteiger partial charge in [0.05, 0.1) is 23.0 Å². The van der Waals surface area contributed by atoms with Gasteiger partial charge in [0.25, 0.3) is 0 Å². The summed E-state index contributed by atoms with van der Waals surface area (Å²) in [6, 6.07) is 3.66. The summed E-state index contributed by atoms with van der Waals surface area (Å²) in [5.41, 5.74) is 7.54. The van der Waals surface area contributed by atoms with Crippen LogP contribution in [0.4, 0.5) is 0 Å². The molecule has 2 aromatic heterocycles. The minimum Gasteiger partial charge on any atom is -0.366 e. The van der Waals surface area contributed by atoms with E-state index in [2.05, 4.69) is 15.3 Å². The van der Waals surface area contributed by atoms with E-state index in [-0.39, 0.29) is 6.23 Å². The summed E-state index contributed by atoms with van der Waals surface area (Å²) in [6.45, 7) is 0.722. The highest BCUT2D eigenvalue weighted by Crippen LogP contribution is 2.29. The third-order valence-corrected chi connectivity index (χ3v) is 4.11. The number of nitrogens with two attached hydrogens (primary N) is 1. The van der Waals surface area contributed by atoms with Gasteiger partial charge in [-0.25, -0.2) is 4.68 Å². The molecule has 0 saturated carbocycles. The molecule has 1 saturated heterocycles. The van der Waals surface area contributed by atoms with Crippen LogP contribution in [0.2, 0.25) is 0 Å². The second-order valence-corrected chi connectivity index (χ2v) is 5.57. The third kappa shape index (κ3) is 2.36. The monoisotopic (exact) mass is 312 g/mol. The maximum Gasteiger partial charge on any atom is 0.249 e. The first-order valence-electron chi connectivity index (χ1n) is 7.52. The minimum absolute atomic E-state index is 0.113. The van der Waals surface area contributed by atoms with Gasteiger partial charge in [-0.1, -0.05) is 0 Å². The van der Waals surface area contributed by atoms with Crippen LogP contribution in [0.1, 0.15) is 35.8 Å². The average molecular weight is 312 g/mol. The minimum atomic E-state index is -0.492. The molecule has 8 heteroatoms. The topological polar surface area (TPSA) is 101 Å². The molecule has 23 heavy (non-hydrogen) atoms. The van der Waals surface area contributed by atoms with Gasteiger partial charge in [-0.2, -0.15) is 5.10 Å². The maximum atomic E-state index is 11.8. The van der Waals surface area contributed by atoms with Crippen LogP contribution in [-0.4, -0.2) is 37.1 Å². The number of nitrogens with zero attached hydrogens (tertiary/aromatic N) is 5. The lowest BCUT2D eigenvalue weighted by molar-refractivity contribution is -0.0366. The molecule has 3 heterocycles. The molecular weight excluding hydrogens is 296 g/mol. The Bertz CT molecular complexity index is 848. The van der Waals surface area contributed by atoms with Crippen molar-refractivity contribution in [1.29, 1.82) is 0 Å². The van der Waals surface area contributed by atoms with Crippen molar-refractivity contribution < 1.29 is 9.53 Å². The first-order valence-corrected chi connectivity index (χ1v) is 7.52. The van der Waals surface area contributed by atoms with E-state index in [1.807, 2.05) is 10.7 Å². The largest absolute Gasteiger partial charge is 0.366 e. The third-order valence-electron chi connectivity index (χ3n) is 4.11. The van der Waals surface area contributed by atoms with E-state index in [1.165, 1.54) is 0 Å². The van der Waals surface area contributed by atoms with Crippen molar-refractivity contribution in [1.82, 2.24) is 24.5 Å². The van der Waals surface area contributed by atoms with E-state index in [9.17, 15) is 4.79 Å². The summed E-state index contributed by atoms with van der Waals surface area (Å²) in [5, 5.41) is 12.8. The van der Waals surface area contributed by atoms with Crippen molar-refractivity contribution in [3.63, 3.8) is 0 Å². The van der Waals surface area contributed by atoms with E-state index in [0.29, 0.717) is 5.56 Å². The standard InChI is InChI=1S/C15H16N6O2/c16-15(22)11-5-10(20-8-17-18-9-20)6-13-12(11)7-19-21(13)14-3-1-2-4-23-14/h5-9,14H,1-4H2,(H2,16,22). The van der Waals surface area contributed by atoms with Crippen LogP contribution in [0.15, 0.2) is 31.0 Å². The number of fused-ring (bicyclic) bond motifs is 1. The fourth-order valence-electron chi connectivity index (χ4n) is 2.96. The van der Waals surface area contributed by atoms with Crippen LogP contribution >= 0.6 is 0 Å². The molecule has 0 spiro atoms. The quantitative estimate of drug-likeness (QED) is 0.788. The Hall–Kier alpha value is -2.74. The van der Waals surface area contributed by atoms with Gasteiger partial charge in [0.1, 0.15) is 12.7 Å². The van der Waals surface area contributed by atoms with Gasteiger partial charge in [0.15, 0.2) is 6.23 Å². The van der Waals surface area contributed by atoms with Crippen LogP contribution in [0.5, 0.6) is 0 Å². The van der Waals surface area contributed by atoms with E-state index in [4.69, 9.17) is 10.5 Å². The van der Waals surface area contributed by atoms with Crippen molar-refractivity contribution in [2.75, 3.05) is 6.61 Å². The normalized spacial score (nSPS) is 18.3. The first-order chi connectivity index (χ1) is 11.2. The Morgan fingerprint density at radius 1 is 1.26 bits per heavy atom. The number of amides is 1. The van der Waals surface area contributed by atoms with Crippen molar-refractivity contribution in [3.05, 3.63) is 36.5 Å². The van der Waals surface area contributed by atoms with Crippen LogP contribution < -0.4 is 5.73 Å². The Labute approximate surface area is 131 Å². The summed E-state index contributed by atoms with van der Waals surface area (Å²) in [6.07, 6.45) is 7.77. The lowest BCUT2D eigenvalue weighted by Crippen LogP contribution is -2.19. The smallest absolute Gasteiger partial charge is 0.249 e. The molecule has 1 unspecified atom stereocenters. The number of carbonyl (C=O) groups excluding carboxylic acids is 1. The Balaban J connectivity index is 1.91. The summed E-state index contributed by atoms with van der Waals surface area (Å²) < 4.78 is 9.37. The molecule has 1 fully saturated rings. The summed E-state index contributed by atoms with van der Waals surface area (Å²) >= 11 is 0. The zero-order valence-corrected chi connectivity index (χ0v) is 12.4. The van der Waals surface area contributed by atoms with Gasteiger partial charge in [-0.05, 0) is 31.4 Å². The van der Waals surface area contributed by atoms with E-state index in [1.54, 1.807) is 29.5 Å². The molecule has 1 aliphatic rings. The second kappa shape index (κ2) is 5.47. The van der Waals surface area contributed by atoms with Crippen LogP contribution in [-0.2, 0) is 4.74 Å². The summed E-state index contributed by atoms with van der Waals surface area (Å²) in [4.78, 5) is 11.8. The van der Waals surface area contributed by atoms with E-state index >= 15 is 0 Å². The van der Waals surface area contributed by atoms with Crippen LogP contribution in [0.25, 0.3) is 16.6 Å². The molecule has 1 aliphatic heterocycles. The van der Waals surface area contributed by atoms with Gasteiger partial charge in [-0.15, -0.1) is 10.2 Å². The van der Waals surface area contributed by atoms with Crippen molar-refractivity contribution in [2.24, 2.45) is 5.73 Å². The molecule has 1 amide bonds. The molecule has 3 aromatic rings. The molecular formula is C15H16N6O2. The van der Waals surface area contributed by atoms with Crippen molar-refractivity contribution >= 4 is 16.8 Å². The number of rotatable bonds is 3. The Morgan fingerprint density at radius 3 is 2.78 bits per heavy atom. The molecule has 0 bridgehead atoms. The average Bonchev–Trinajstić information content (AvgIpc) is 3.24. The van der Waals surface area contributed by atoms with Crippen LogP contribution in [0, 0.1) is 0 Å². The number of benzene rings is 1. The number of hydrogen-bond donors (Lipinski definition) is 1.